The summed E-state index contributed by atoms with van der Waals surface area (Å²) < 4.78 is 6.91. The molecule has 4 heteroatoms. The van der Waals surface area contributed by atoms with E-state index in [9.17, 15) is 0 Å². The summed E-state index contributed by atoms with van der Waals surface area (Å²) in [4.78, 5) is 9.12. The molecule has 106 valence electrons. The molecule has 0 N–H and O–H groups in total. The summed E-state index contributed by atoms with van der Waals surface area (Å²) in [5.41, 5.74) is -0.0500. The highest BCUT2D eigenvalue weighted by atomic mass is 16.5. The number of aliphatic imine (C=N–C) groups is 1. The molecule has 2 fully saturated rings. The average Bonchev–Trinajstić information content (AvgIpc) is 3.23. The predicted molar refractivity (Wildman–Crippen MR) is 83.4 cm³/mol. The number of piperidine rings is 1. The van der Waals surface area contributed by atoms with Gasteiger partial charge in [-0.2, -0.15) is 0 Å². The summed E-state index contributed by atoms with van der Waals surface area (Å²) in [6, 6.07) is 10.7. The van der Waals surface area contributed by atoms with Gasteiger partial charge in [0, 0.05) is 24.1 Å². The Kier molecular flexibility index (Phi) is 2.13. The van der Waals surface area contributed by atoms with Gasteiger partial charge >= 0.3 is 0 Å². The highest BCUT2D eigenvalue weighted by Crippen LogP contribution is 2.48. The van der Waals surface area contributed by atoms with Gasteiger partial charge in [-0.25, -0.2) is 4.98 Å². The van der Waals surface area contributed by atoms with E-state index in [0.29, 0.717) is 5.92 Å². The summed E-state index contributed by atoms with van der Waals surface area (Å²) >= 11 is 0. The fraction of sp³-hybridized carbons (Fsp3) is 0.412. The van der Waals surface area contributed by atoms with Crippen LogP contribution in [-0.4, -0.2) is 43.2 Å². The van der Waals surface area contributed by atoms with E-state index in [4.69, 9.17) is 9.72 Å². The van der Waals surface area contributed by atoms with Crippen LogP contribution in [0.25, 0.3) is 10.8 Å². The largest absolute Gasteiger partial charge is 0.469 e. The minimum Gasteiger partial charge on any atom is -0.469 e. The van der Waals surface area contributed by atoms with Crippen LogP contribution in [0.3, 0.4) is 0 Å². The van der Waals surface area contributed by atoms with Crippen LogP contribution in [0.15, 0.2) is 41.5 Å². The molecule has 3 aliphatic heterocycles. The predicted octanol–water partition coefficient (Wildman–Crippen LogP) is 2.37. The lowest BCUT2D eigenvalue weighted by molar-refractivity contribution is 0.0422. The molecule has 5 rings (SSSR count). The normalized spacial score (nSPS) is 36.7. The number of nitrogens with zero attached hydrogens (tertiary/aromatic N) is 3. The second kappa shape index (κ2) is 3.83. The minimum absolute atomic E-state index is 0.0500. The second-order valence-electron chi connectivity index (χ2n) is 6.71. The number of benzene rings is 1. The maximum Gasteiger partial charge on any atom is 0.228 e. The van der Waals surface area contributed by atoms with Crippen molar-refractivity contribution in [2.75, 3.05) is 26.2 Å². The van der Waals surface area contributed by atoms with Gasteiger partial charge in [-0.15, -0.1) is 0 Å². The Balaban J connectivity index is 1.59. The SMILES string of the molecule is C1=NC[C@]2(C[N+]3(c4cc5ccccc5cn4)CC[C@@H]2C3)O1. The van der Waals surface area contributed by atoms with E-state index in [-0.39, 0.29) is 5.60 Å². The lowest BCUT2D eigenvalue weighted by Crippen LogP contribution is -2.54. The van der Waals surface area contributed by atoms with Crippen molar-refractivity contribution in [1.82, 2.24) is 9.47 Å². The molecular weight excluding hydrogens is 262 g/mol. The van der Waals surface area contributed by atoms with Crippen LogP contribution in [0, 0.1) is 5.92 Å². The van der Waals surface area contributed by atoms with Gasteiger partial charge in [-0.3, -0.25) is 9.48 Å². The highest BCUT2D eigenvalue weighted by molar-refractivity contribution is 5.83. The molecule has 1 unspecified atom stereocenters. The molecule has 2 bridgehead atoms. The van der Waals surface area contributed by atoms with E-state index in [1.807, 2.05) is 6.20 Å². The van der Waals surface area contributed by atoms with E-state index in [1.165, 1.54) is 29.6 Å². The molecule has 4 heterocycles. The van der Waals surface area contributed by atoms with Crippen LogP contribution in [0.4, 0.5) is 5.82 Å². The third-order valence-electron chi connectivity index (χ3n) is 5.61. The molecule has 2 aromatic rings. The summed E-state index contributed by atoms with van der Waals surface area (Å²) in [5, 5.41) is 2.49. The molecule has 0 amide bonds. The third kappa shape index (κ3) is 1.48. The van der Waals surface area contributed by atoms with Gasteiger partial charge in [0.25, 0.3) is 0 Å². The van der Waals surface area contributed by atoms with E-state index in [1.54, 1.807) is 6.40 Å². The highest BCUT2D eigenvalue weighted by Gasteiger charge is 2.64. The molecule has 0 radical (unpaired) electrons. The summed E-state index contributed by atoms with van der Waals surface area (Å²) in [6.45, 7) is 4.17. The fourth-order valence-electron chi connectivity index (χ4n) is 4.53. The lowest BCUT2D eigenvalue weighted by Gasteiger charge is -2.35. The first-order valence-electron chi connectivity index (χ1n) is 7.67. The number of ether oxygens (including phenoxy) is 1. The molecule has 3 atom stereocenters. The molecule has 3 aliphatic rings. The quantitative estimate of drug-likeness (QED) is 0.752. The fourth-order valence-corrected chi connectivity index (χ4v) is 4.53. The molecule has 2 saturated heterocycles. The maximum atomic E-state index is 5.93. The van der Waals surface area contributed by atoms with Crippen molar-refractivity contribution >= 4 is 23.0 Å². The number of quaternary nitrogens is 1. The minimum atomic E-state index is -0.0500. The van der Waals surface area contributed by atoms with Crippen molar-refractivity contribution in [2.24, 2.45) is 10.9 Å². The van der Waals surface area contributed by atoms with Crippen LogP contribution in [0.1, 0.15) is 6.42 Å². The number of fused-ring (bicyclic) bond motifs is 4. The summed E-state index contributed by atoms with van der Waals surface area (Å²) in [6.07, 6.45) is 4.89. The Morgan fingerprint density at radius 2 is 2.14 bits per heavy atom. The first-order chi connectivity index (χ1) is 10.3. The number of aromatic nitrogens is 1. The zero-order chi connectivity index (χ0) is 13.9. The van der Waals surface area contributed by atoms with Crippen molar-refractivity contribution in [3.63, 3.8) is 0 Å². The number of hydrogen-bond donors (Lipinski definition) is 0. The first kappa shape index (κ1) is 11.7. The molecule has 0 aliphatic carbocycles. The number of pyridine rings is 1. The molecule has 1 spiro atoms. The van der Waals surface area contributed by atoms with Crippen LogP contribution >= 0.6 is 0 Å². The van der Waals surface area contributed by atoms with Gasteiger partial charge < -0.3 is 4.74 Å². The van der Waals surface area contributed by atoms with Crippen LogP contribution in [-0.2, 0) is 4.74 Å². The molecule has 4 nitrogen and oxygen atoms in total. The van der Waals surface area contributed by atoms with E-state index >= 15 is 0 Å². The van der Waals surface area contributed by atoms with Crippen molar-refractivity contribution in [1.29, 1.82) is 0 Å². The first-order valence-corrected chi connectivity index (χ1v) is 7.67. The van der Waals surface area contributed by atoms with Crippen molar-refractivity contribution < 1.29 is 4.74 Å². The van der Waals surface area contributed by atoms with Gasteiger partial charge in [0.1, 0.15) is 6.54 Å². The lowest BCUT2D eigenvalue weighted by atomic mass is 9.87. The standard InChI is InChI=1S/C17H18N3O/c1-2-4-14-8-19-16(7-13(14)3-1)20-6-5-15(9-20)17(11-20)10-18-12-21-17/h1-4,7-8,12,15H,5-6,9-11H2/q+1/t15-,17-,20?/m1/s1. The molecule has 0 saturated carbocycles. The summed E-state index contributed by atoms with van der Waals surface area (Å²) in [5.74, 6) is 1.82. The van der Waals surface area contributed by atoms with Gasteiger partial charge in [0.15, 0.2) is 12.0 Å². The van der Waals surface area contributed by atoms with Crippen molar-refractivity contribution in [3.8, 4) is 0 Å². The molecular formula is C17H18N3O+. The molecule has 21 heavy (non-hydrogen) atoms. The monoisotopic (exact) mass is 280 g/mol. The Labute approximate surface area is 123 Å². The van der Waals surface area contributed by atoms with E-state index in [0.717, 1.165) is 24.1 Å². The third-order valence-corrected chi connectivity index (χ3v) is 5.61. The van der Waals surface area contributed by atoms with Gasteiger partial charge in [0.05, 0.1) is 25.6 Å². The van der Waals surface area contributed by atoms with Crippen molar-refractivity contribution in [3.05, 3.63) is 36.5 Å². The van der Waals surface area contributed by atoms with Crippen LogP contribution < -0.4 is 4.48 Å². The van der Waals surface area contributed by atoms with Gasteiger partial charge in [0.2, 0.25) is 5.82 Å². The topological polar surface area (TPSA) is 34.5 Å². The van der Waals surface area contributed by atoms with Crippen molar-refractivity contribution in [2.45, 2.75) is 12.0 Å². The van der Waals surface area contributed by atoms with E-state index in [2.05, 4.69) is 35.3 Å². The zero-order valence-corrected chi connectivity index (χ0v) is 11.9. The number of rotatable bonds is 1. The Morgan fingerprint density at radius 1 is 1.24 bits per heavy atom. The Morgan fingerprint density at radius 3 is 3.00 bits per heavy atom. The number of hydrogen-bond acceptors (Lipinski definition) is 3. The average molecular weight is 280 g/mol. The Hall–Kier alpha value is -1.94. The molecule has 1 aromatic heterocycles. The summed E-state index contributed by atoms with van der Waals surface area (Å²) in [7, 11) is 0. The van der Waals surface area contributed by atoms with Crippen LogP contribution in [0.5, 0.6) is 0 Å². The van der Waals surface area contributed by atoms with E-state index < -0.39 is 0 Å². The van der Waals surface area contributed by atoms with Crippen LogP contribution in [0.2, 0.25) is 0 Å². The van der Waals surface area contributed by atoms with Gasteiger partial charge in [-0.1, -0.05) is 24.3 Å². The smallest absolute Gasteiger partial charge is 0.228 e. The Bertz CT molecular complexity index is 749. The second-order valence-corrected chi connectivity index (χ2v) is 6.71. The van der Waals surface area contributed by atoms with Gasteiger partial charge in [-0.05, 0) is 5.39 Å². The zero-order valence-electron chi connectivity index (χ0n) is 11.9. The maximum absolute atomic E-state index is 5.93. The molecule has 1 aromatic carbocycles.